The number of piperidine rings is 1. The zero-order valence-corrected chi connectivity index (χ0v) is 18.5. The summed E-state index contributed by atoms with van der Waals surface area (Å²) in [5.41, 5.74) is 1.27. The predicted molar refractivity (Wildman–Crippen MR) is 120 cm³/mol. The summed E-state index contributed by atoms with van der Waals surface area (Å²) >= 11 is 0. The highest BCUT2D eigenvalue weighted by Crippen LogP contribution is 2.24. The molecule has 1 unspecified atom stereocenters. The number of furan rings is 1. The number of hydrogen-bond acceptors (Lipinski definition) is 5. The second-order valence-corrected chi connectivity index (χ2v) is 8.43. The molecule has 1 N–H and O–H groups in total. The van der Waals surface area contributed by atoms with Gasteiger partial charge in [0.05, 0.1) is 19.4 Å². The minimum atomic E-state index is 0.0256. The van der Waals surface area contributed by atoms with E-state index in [0.717, 1.165) is 57.3 Å². The van der Waals surface area contributed by atoms with Gasteiger partial charge < -0.3 is 19.4 Å². The van der Waals surface area contributed by atoms with Gasteiger partial charge in [0, 0.05) is 39.3 Å². The van der Waals surface area contributed by atoms with Crippen LogP contribution in [0.3, 0.4) is 0 Å². The van der Waals surface area contributed by atoms with Crippen LogP contribution in [0.5, 0.6) is 5.75 Å². The Morgan fingerprint density at radius 3 is 2.42 bits per heavy atom. The molecule has 7 heteroatoms. The molecule has 2 aliphatic rings. The number of piperazine rings is 1. The number of rotatable bonds is 7. The zero-order valence-electron chi connectivity index (χ0n) is 18.5. The summed E-state index contributed by atoms with van der Waals surface area (Å²) in [6, 6.07) is 12.3. The van der Waals surface area contributed by atoms with E-state index in [9.17, 15) is 4.79 Å². The molecule has 0 aliphatic carbocycles. The van der Waals surface area contributed by atoms with Crippen molar-refractivity contribution in [2.24, 2.45) is 0 Å². The molecule has 168 valence electrons. The molecule has 0 bridgehead atoms. The molecule has 1 aromatic heterocycles. The van der Waals surface area contributed by atoms with Crippen LogP contribution in [0, 0.1) is 0 Å². The zero-order chi connectivity index (χ0) is 21.5. The van der Waals surface area contributed by atoms with Crippen LogP contribution in [0.2, 0.25) is 0 Å². The van der Waals surface area contributed by atoms with Crippen LogP contribution >= 0.6 is 0 Å². The third-order valence-electron chi connectivity index (χ3n) is 6.37. The van der Waals surface area contributed by atoms with Crippen molar-refractivity contribution in [3.63, 3.8) is 0 Å². The average Bonchev–Trinajstić information content (AvgIpc) is 3.35. The van der Waals surface area contributed by atoms with Gasteiger partial charge in [-0.25, -0.2) is 4.79 Å². The third-order valence-corrected chi connectivity index (χ3v) is 6.37. The number of carbonyl (C=O) groups excluding carboxylic acids is 1. The number of nitrogens with one attached hydrogen (secondary N) is 1. The lowest BCUT2D eigenvalue weighted by Crippen LogP contribution is -2.52. The van der Waals surface area contributed by atoms with Gasteiger partial charge in [-0.2, -0.15) is 0 Å². The van der Waals surface area contributed by atoms with Crippen LogP contribution in [0.1, 0.15) is 36.6 Å². The van der Waals surface area contributed by atoms with Crippen molar-refractivity contribution in [2.75, 3.05) is 52.9 Å². The summed E-state index contributed by atoms with van der Waals surface area (Å²) in [7, 11) is 1.68. The number of amides is 2. The van der Waals surface area contributed by atoms with Gasteiger partial charge in [-0.1, -0.05) is 18.6 Å². The first-order valence-electron chi connectivity index (χ1n) is 11.4. The SMILES string of the molecule is COc1ccc(CN2CCN(C(=O)NCC(c3ccco3)N3CCCCC3)CC2)cc1. The van der Waals surface area contributed by atoms with Gasteiger partial charge in [-0.05, 0) is 55.8 Å². The number of hydrogen-bond donors (Lipinski definition) is 1. The Kier molecular flexibility index (Phi) is 7.48. The molecule has 2 fully saturated rings. The first kappa shape index (κ1) is 21.7. The van der Waals surface area contributed by atoms with Crippen LogP contribution in [-0.4, -0.2) is 73.7 Å². The number of nitrogens with zero attached hydrogens (tertiary/aromatic N) is 3. The second-order valence-electron chi connectivity index (χ2n) is 8.43. The number of carbonyl (C=O) groups is 1. The number of methoxy groups -OCH3 is 1. The Balaban J connectivity index is 1.25. The van der Waals surface area contributed by atoms with Gasteiger partial charge in [-0.3, -0.25) is 9.80 Å². The van der Waals surface area contributed by atoms with Gasteiger partial charge in [-0.15, -0.1) is 0 Å². The Bertz CT molecular complexity index is 795. The lowest BCUT2D eigenvalue weighted by Gasteiger charge is -2.36. The van der Waals surface area contributed by atoms with Gasteiger partial charge in [0.25, 0.3) is 0 Å². The van der Waals surface area contributed by atoms with E-state index in [0.29, 0.717) is 6.54 Å². The summed E-state index contributed by atoms with van der Waals surface area (Å²) in [6.45, 7) is 6.86. The highest BCUT2D eigenvalue weighted by atomic mass is 16.5. The quantitative estimate of drug-likeness (QED) is 0.736. The van der Waals surface area contributed by atoms with Crippen LogP contribution in [0.4, 0.5) is 4.79 Å². The second kappa shape index (κ2) is 10.7. The lowest BCUT2D eigenvalue weighted by atomic mass is 10.1. The fourth-order valence-electron chi connectivity index (χ4n) is 4.51. The average molecular weight is 427 g/mol. The summed E-state index contributed by atoms with van der Waals surface area (Å²) < 4.78 is 10.9. The Labute approximate surface area is 184 Å². The molecule has 2 amide bonds. The molecule has 7 nitrogen and oxygen atoms in total. The maximum atomic E-state index is 12.8. The molecule has 2 saturated heterocycles. The molecule has 0 spiro atoms. The molecular weight excluding hydrogens is 392 g/mol. The molecule has 1 atom stereocenters. The highest BCUT2D eigenvalue weighted by molar-refractivity contribution is 5.74. The number of benzene rings is 1. The molecule has 3 heterocycles. The Hall–Kier alpha value is -2.51. The molecule has 2 aromatic rings. The van der Waals surface area contributed by atoms with E-state index in [1.54, 1.807) is 13.4 Å². The monoisotopic (exact) mass is 426 g/mol. The Morgan fingerprint density at radius 1 is 1.03 bits per heavy atom. The van der Waals surface area contributed by atoms with Crippen molar-refractivity contribution >= 4 is 6.03 Å². The van der Waals surface area contributed by atoms with Crippen LogP contribution < -0.4 is 10.1 Å². The summed E-state index contributed by atoms with van der Waals surface area (Å²) in [6.07, 6.45) is 5.42. The minimum absolute atomic E-state index is 0.0256. The van der Waals surface area contributed by atoms with Crippen molar-refractivity contribution < 1.29 is 13.9 Å². The summed E-state index contributed by atoms with van der Waals surface area (Å²) in [4.78, 5) is 19.6. The molecule has 2 aliphatic heterocycles. The van der Waals surface area contributed by atoms with Crippen molar-refractivity contribution in [3.8, 4) is 5.75 Å². The summed E-state index contributed by atoms with van der Waals surface area (Å²) in [5, 5.41) is 3.17. The van der Waals surface area contributed by atoms with E-state index < -0.39 is 0 Å². The fraction of sp³-hybridized carbons (Fsp3) is 0.542. The van der Waals surface area contributed by atoms with Crippen molar-refractivity contribution in [2.45, 2.75) is 31.8 Å². The highest BCUT2D eigenvalue weighted by Gasteiger charge is 2.27. The number of ether oxygens (including phenoxy) is 1. The van der Waals surface area contributed by atoms with Crippen molar-refractivity contribution in [1.82, 2.24) is 20.0 Å². The van der Waals surface area contributed by atoms with E-state index >= 15 is 0 Å². The van der Waals surface area contributed by atoms with Gasteiger partial charge in [0.2, 0.25) is 0 Å². The van der Waals surface area contributed by atoms with Crippen molar-refractivity contribution in [1.29, 1.82) is 0 Å². The fourth-order valence-corrected chi connectivity index (χ4v) is 4.51. The molecular formula is C24H34N4O3. The normalized spacial score (nSPS) is 19.2. The summed E-state index contributed by atoms with van der Waals surface area (Å²) in [5.74, 6) is 1.81. The molecule has 0 radical (unpaired) electrons. The van der Waals surface area contributed by atoms with Crippen LogP contribution in [0.15, 0.2) is 47.1 Å². The topological polar surface area (TPSA) is 61.2 Å². The number of likely N-dealkylation sites (tertiary alicyclic amines) is 1. The molecule has 0 saturated carbocycles. The first-order valence-corrected chi connectivity index (χ1v) is 11.4. The molecule has 31 heavy (non-hydrogen) atoms. The van der Waals surface area contributed by atoms with Gasteiger partial charge >= 0.3 is 6.03 Å². The smallest absolute Gasteiger partial charge is 0.317 e. The molecule has 1 aromatic carbocycles. The maximum Gasteiger partial charge on any atom is 0.317 e. The molecule has 4 rings (SSSR count). The predicted octanol–water partition coefficient (Wildman–Crippen LogP) is 3.34. The Morgan fingerprint density at radius 2 is 1.77 bits per heavy atom. The third kappa shape index (κ3) is 5.80. The van der Waals surface area contributed by atoms with E-state index in [1.165, 1.54) is 24.8 Å². The van der Waals surface area contributed by atoms with Crippen LogP contribution in [-0.2, 0) is 6.54 Å². The standard InChI is InChI=1S/C24H34N4O3/c1-30-21-9-7-20(8-10-21)19-26-13-15-28(16-14-26)24(29)25-18-22(23-6-5-17-31-23)27-11-3-2-4-12-27/h5-10,17,22H,2-4,11-16,18-19H2,1H3,(H,25,29). The van der Waals surface area contributed by atoms with E-state index in [4.69, 9.17) is 9.15 Å². The van der Waals surface area contributed by atoms with E-state index in [2.05, 4.69) is 27.2 Å². The van der Waals surface area contributed by atoms with Gasteiger partial charge in [0.15, 0.2) is 0 Å². The first-order chi connectivity index (χ1) is 15.2. The van der Waals surface area contributed by atoms with E-state index in [1.807, 2.05) is 29.2 Å². The maximum absolute atomic E-state index is 12.8. The van der Waals surface area contributed by atoms with Gasteiger partial charge in [0.1, 0.15) is 11.5 Å². The largest absolute Gasteiger partial charge is 0.497 e. The lowest BCUT2D eigenvalue weighted by molar-refractivity contribution is 0.123. The van der Waals surface area contributed by atoms with Crippen LogP contribution in [0.25, 0.3) is 0 Å². The minimum Gasteiger partial charge on any atom is -0.497 e. The number of urea groups is 1. The van der Waals surface area contributed by atoms with Crippen molar-refractivity contribution in [3.05, 3.63) is 54.0 Å². The van der Waals surface area contributed by atoms with E-state index in [-0.39, 0.29) is 12.1 Å².